The first kappa shape index (κ1) is 37.4. The van der Waals surface area contributed by atoms with Crippen molar-refractivity contribution in [2.24, 2.45) is 14.1 Å². The van der Waals surface area contributed by atoms with E-state index in [1.165, 1.54) is 21.2 Å². The van der Waals surface area contributed by atoms with Gasteiger partial charge in [-0.05, 0) is 12.1 Å². The Labute approximate surface area is 300 Å². The summed E-state index contributed by atoms with van der Waals surface area (Å²) in [6.07, 6.45) is -1.39. The number of amides is 1. The third-order valence-corrected chi connectivity index (χ3v) is 8.54. The summed E-state index contributed by atoms with van der Waals surface area (Å²) < 4.78 is 34.8. The zero-order chi connectivity index (χ0) is 34.9. The molecule has 0 bridgehead atoms. The predicted molar refractivity (Wildman–Crippen MR) is 183 cm³/mol. The van der Waals surface area contributed by atoms with Gasteiger partial charge in [-0.15, -0.1) is 5.56 Å². The Balaban J connectivity index is 0.000000602. The van der Waals surface area contributed by atoms with E-state index in [0.717, 1.165) is 21.6 Å². The summed E-state index contributed by atoms with van der Waals surface area (Å²) in [6.45, 7) is 7.55. The number of alkyl halides is 2. The Morgan fingerprint density at radius 2 is 1.63 bits per heavy atom. The van der Waals surface area contributed by atoms with E-state index in [2.05, 4.69) is 34.4 Å². The van der Waals surface area contributed by atoms with Crippen LogP contribution in [0.25, 0.3) is 33.3 Å². The first-order chi connectivity index (χ1) is 22.8. The average Bonchev–Trinajstić information content (AvgIpc) is 3.46. The van der Waals surface area contributed by atoms with Crippen molar-refractivity contribution >= 4 is 51.5 Å². The molecule has 1 radical (unpaired) electrons. The fourth-order valence-electron chi connectivity index (χ4n) is 5.19. The van der Waals surface area contributed by atoms with Crippen LogP contribution in [0, 0.1) is 13.8 Å². The largest absolute Gasteiger partial charge is 2.00 e. The summed E-state index contributed by atoms with van der Waals surface area (Å²) in [4.78, 5) is 44.3. The van der Waals surface area contributed by atoms with Crippen LogP contribution in [0.5, 0.6) is 5.88 Å². The minimum Gasteiger partial charge on any atom is -0.537 e. The third kappa shape index (κ3) is 7.60. The Morgan fingerprint density at radius 3 is 2.22 bits per heavy atom. The van der Waals surface area contributed by atoms with Crippen LogP contribution in [0.2, 0.25) is 10.0 Å². The van der Waals surface area contributed by atoms with Crippen molar-refractivity contribution in [3.8, 4) is 28.3 Å². The number of carbonyl (C=O) groups excluding carboxylic acids is 1. The number of benzene rings is 2. The molecule has 5 aromatic rings. The number of anilines is 2. The van der Waals surface area contributed by atoms with Crippen molar-refractivity contribution in [2.75, 3.05) is 12.4 Å². The van der Waals surface area contributed by atoms with Crippen molar-refractivity contribution in [1.82, 2.24) is 24.4 Å². The number of halogens is 4. The average molecular weight is 750 g/mol. The van der Waals surface area contributed by atoms with Gasteiger partial charge in [0.2, 0.25) is 5.91 Å². The smallest absolute Gasteiger partial charge is 0.537 e. The number of nitrogens with one attached hydrogen (secondary N) is 2. The summed E-state index contributed by atoms with van der Waals surface area (Å²) in [5, 5.41) is 6.12. The molecule has 0 aliphatic carbocycles. The number of ether oxygens (including phenoxy) is 1. The van der Waals surface area contributed by atoms with Crippen LogP contribution in [0.4, 0.5) is 20.3 Å². The number of fused-ring (bicyclic) bond motifs is 1. The van der Waals surface area contributed by atoms with E-state index < -0.39 is 23.4 Å². The Morgan fingerprint density at radius 1 is 0.980 bits per heavy atom. The maximum Gasteiger partial charge on any atom is 2.00 e. The van der Waals surface area contributed by atoms with E-state index in [4.69, 9.17) is 27.9 Å². The van der Waals surface area contributed by atoms with Gasteiger partial charge in [0, 0.05) is 42.9 Å². The zero-order valence-corrected chi connectivity index (χ0v) is 29.2. The Hall–Kier alpha value is -4.42. The number of hydrogen-bond donors (Lipinski definition) is 2. The number of aromatic nitrogens is 4. The van der Waals surface area contributed by atoms with Gasteiger partial charge in [-0.3, -0.25) is 23.7 Å². The standard InChI is InChI=1S/C29H22Cl2F2N5O3.C5H8NO.Mn/c1-14-11-12-18(36-27(14)41-4)17-9-5-7-15(23(17)30)16-8-6-10-19(24(16)31)34-26-22-21(13-20(35-26)25(32)33)37(2)29(40)38(3)28(22)39;1-4-2-3-5(7)6-4;/h5-13,25H,1H2,2-4H3,(H,34,35);4H,1-3H2,(H,6,7);/q2*-1;+2. The number of pyridine rings is 2. The van der Waals surface area contributed by atoms with Crippen LogP contribution < -0.4 is 26.6 Å². The van der Waals surface area contributed by atoms with Crippen LogP contribution in [0.3, 0.4) is 0 Å². The molecular formula is C34H30Cl2F2MnN6O4. The normalized spacial score (nSPS) is 13.8. The Kier molecular flexibility index (Phi) is 11.8. The van der Waals surface area contributed by atoms with Crippen molar-refractivity contribution < 1.29 is 35.4 Å². The molecule has 1 fully saturated rings. The van der Waals surface area contributed by atoms with Crippen molar-refractivity contribution in [1.29, 1.82) is 0 Å². The maximum atomic E-state index is 13.8. The van der Waals surface area contributed by atoms with E-state index in [1.54, 1.807) is 48.5 Å². The first-order valence-electron chi connectivity index (χ1n) is 14.5. The van der Waals surface area contributed by atoms with Gasteiger partial charge in [-0.2, -0.15) is 13.0 Å². The number of methoxy groups -OCH3 is 1. The summed E-state index contributed by atoms with van der Waals surface area (Å²) in [7, 11) is 4.19. The number of rotatable bonds is 6. The molecule has 3 aromatic heterocycles. The zero-order valence-electron chi connectivity index (χ0n) is 26.5. The molecule has 1 atom stereocenters. The molecule has 49 heavy (non-hydrogen) atoms. The Bertz CT molecular complexity index is 2180. The second-order valence-corrected chi connectivity index (χ2v) is 11.7. The van der Waals surface area contributed by atoms with Crippen molar-refractivity contribution in [2.45, 2.75) is 25.3 Å². The third-order valence-electron chi connectivity index (χ3n) is 7.73. The summed E-state index contributed by atoms with van der Waals surface area (Å²) in [6, 6.07) is 15.2. The fraction of sp³-hybridized carbons (Fsp3) is 0.206. The van der Waals surface area contributed by atoms with E-state index in [9.17, 15) is 23.2 Å². The molecule has 1 aliphatic heterocycles. The summed E-state index contributed by atoms with van der Waals surface area (Å²) >= 11 is 13.7. The molecule has 2 N–H and O–H groups in total. The van der Waals surface area contributed by atoms with Gasteiger partial charge in [-0.1, -0.05) is 72.1 Å². The molecule has 1 saturated heterocycles. The number of aryl methyl sites for hydroxylation is 1. The number of nitrogens with zero attached hydrogens (tertiary/aromatic N) is 4. The fourth-order valence-corrected chi connectivity index (χ4v) is 5.79. The quantitative estimate of drug-likeness (QED) is 0.148. The second kappa shape index (κ2) is 15.4. The molecule has 4 heterocycles. The molecule has 1 amide bonds. The molecule has 10 nitrogen and oxygen atoms in total. The first-order valence-corrected chi connectivity index (χ1v) is 15.3. The van der Waals surface area contributed by atoms with Crippen LogP contribution in [-0.2, 0) is 36.0 Å². The summed E-state index contributed by atoms with van der Waals surface area (Å²) in [5.74, 6) is 0.333. The summed E-state index contributed by atoms with van der Waals surface area (Å²) in [5.41, 5.74) is 1.23. The molecule has 0 saturated carbocycles. The van der Waals surface area contributed by atoms with Gasteiger partial charge >= 0.3 is 22.8 Å². The monoisotopic (exact) mass is 749 g/mol. The molecule has 0 spiro atoms. The van der Waals surface area contributed by atoms with E-state index in [1.807, 2.05) is 0 Å². The molecule has 6 rings (SSSR count). The topological polar surface area (TPSA) is 120 Å². The van der Waals surface area contributed by atoms with Crippen LogP contribution in [-0.4, -0.2) is 38.2 Å². The minimum atomic E-state index is -2.95. The van der Waals surface area contributed by atoms with Gasteiger partial charge in [0.15, 0.2) is 0 Å². The van der Waals surface area contributed by atoms with Gasteiger partial charge in [-0.25, -0.2) is 18.6 Å². The number of hydrogen-bond acceptors (Lipinski definition) is 7. The van der Waals surface area contributed by atoms with Gasteiger partial charge in [0.25, 0.3) is 12.0 Å². The van der Waals surface area contributed by atoms with Crippen LogP contribution >= 0.6 is 23.2 Å². The number of carbonyl (C=O) groups is 1. The van der Waals surface area contributed by atoms with Gasteiger partial charge < -0.3 is 22.3 Å². The van der Waals surface area contributed by atoms with Crippen LogP contribution in [0.1, 0.15) is 30.5 Å². The minimum absolute atomic E-state index is 0. The molecule has 255 valence electrons. The molecule has 1 unspecified atom stereocenters. The SMILES string of the molecule is [CH2-]C1CCC(=O)N1.[CH2-]c1ccc(-c2cccc(-c3cccc(Nc4nc(C(F)F)cc5c4c(=O)n(C)c(=O)n5C)c3Cl)c2Cl)nc1OC.[Mn+2]. The van der Waals surface area contributed by atoms with Crippen molar-refractivity contribution in [3.05, 3.63) is 111 Å². The molecule has 1 aliphatic rings. The maximum absolute atomic E-state index is 13.8. The van der Waals surface area contributed by atoms with Crippen molar-refractivity contribution in [3.63, 3.8) is 0 Å². The van der Waals surface area contributed by atoms with E-state index in [0.29, 0.717) is 45.3 Å². The van der Waals surface area contributed by atoms with Gasteiger partial charge in [0.1, 0.15) is 22.8 Å². The predicted octanol–water partition coefficient (Wildman–Crippen LogP) is 6.64. The molecule has 2 aromatic carbocycles. The second-order valence-electron chi connectivity index (χ2n) is 10.9. The van der Waals surface area contributed by atoms with Gasteiger partial charge in [0.05, 0.1) is 28.4 Å². The molecule has 15 heteroatoms. The van der Waals surface area contributed by atoms with Crippen LogP contribution in [0.15, 0.2) is 64.2 Å². The van der Waals surface area contributed by atoms with E-state index >= 15 is 0 Å². The molecular weight excluding hydrogens is 720 g/mol. The van der Waals surface area contributed by atoms with E-state index in [-0.39, 0.29) is 56.4 Å².